The first-order valence-electron chi connectivity index (χ1n) is 7.72. The topological polar surface area (TPSA) is 54.5 Å². The molecular formula is C18H20ClNO3S. The van der Waals surface area contributed by atoms with E-state index in [2.05, 4.69) is 0 Å². The standard InChI is InChI=1S/C18H20ClNO3S/c1-2-20(14-15-7-4-3-5-8-15)18(21)11-12-24(22,23)17-10-6-9-16(19)13-17/h3-10,13H,2,11-12,14H2,1H3. The van der Waals surface area contributed by atoms with E-state index in [9.17, 15) is 13.2 Å². The molecule has 2 aromatic carbocycles. The summed E-state index contributed by atoms with van der Waals surface area (Å²) in [4.78, 5) is 14.2. The van der Waals surface area contributed by atoms with Crippen molar-refractivity contribution in [1.82, 2.24) is 4.90 Å². The van der Waals surface area contributed by atoms with E-state index in [4.69, 9.17) is 11.6 Å². The first kappa shape index (κ1) is 18.5. The smallest absolute Gasteiger partial charge is 0.223 e. The second kappa shape index (κ2) is 8.31. The molecule has 0 radical (unpaired) electrons. The lowest BCUT2D eigenvalue weighted by molar-refractivity contribution is -0.131. The van der Waals surface area contributed by atoms with E-state index in [1.807, 2.05) is 37.3 Å². The first-order valence-corrected chi connectivity index (χ1v) is 9.75. The maximum Gasteiger partial charge on any atom is 0.223 e. The molecule has 0 N–H and O–H groups in total. The van der Waals surface area contributed by atoms with Gasteiger partial charge in [0.25, 0.3) is 0 Å². The summed E-state index contributed by atoms with van der Waals surface area (Å²) in [7, 11) is -3.52. The third-order valence-electron chi connectivity index (χ3n) is 3.69. The molecule has 128 valence electrons. The Bertz CT molecular complexity index is 791. The molecule has 0 aliphatic heterocycles. The predicted octanol–water partition coefficient (Wildman–Crippen LogP) is 3.55. The molecule has 0 aliphatic carbocycles. The Morgan fingerprint density at radius 2 is 1.79 bits per heavy atom. The van der Waals surface area contributed by atoms with Crippen molar-refractivity contribution in [2.45, 2.75) is 24.8 Å². The quantitative estimate of drug-likeness (QED) is 0.753. The monoisotopic (exact) mass is 365 g/mol. The zero-order valence-electron chi connectivity index (χ0n) is 13.5. The lowest BCUT2D eigenvalue weighted by Crippen LogP contribution is -2.31. The molecule has 0 bridgehead atoms. The van der Waals surface area contributed by atoms with E-state index in [-0.39, 0.29) is 23.0 Å². The van der Waals surface area contributed by atoms with Gasteiger partial charge in [0.15, 0.2) is 9.84 Å². The van der Waals surface area contributed by atoms with Gasteiger partial charge in [0.05, 0.1) is 10.6 Å². The number of sulfone groups is 1. The highest BCUT2D eigenvalue weighted by Crippen LogP contribution is 2.18. The third-order valence-corrected chi connectivity index (χ3v) is 5.64. The van der Waals surface area contributed by atoms with Crippen LogP contribution in [0.2, 0.25) is 5.02 Å². The summed E-state index contributed by atoms with van der Waals surface area (Å²) in [6, 6.07) is 15.7. The number of carbonyl (C=O) groups excluding carboxylic acids is 1. The van der Waals surface area contributed by atoms with Crippen molar-refractivity contribution in [3.63, 3.8) is 0 Å². The van der Waals surface area contributed by atoms with Crippen molar-refractivity contribution in [3.8, 4) is 0 Å². The van der Waals surface area contributed by atoms with Crippen molar-refractivity contribution in [2.75, 3.05) is 12.3 Å². The van der Waals surface area contributed by atoms with Crippen molar-refractivity contribution < 1.29 is 13.2 Å². The Kier molecular flexibility index (Phi) is 6.40. The number of carbonyl (C=O) groups is 1. The maximum absolute atomic E-state index is 12.4. The van der Waals surface area contributed by atoms with E-state index in [1.54, 1.807) is 17.0 Å². The van der Waals surface area contributed by atoms with E-state index in [0.717, 1.165) is 5.56 Å². The average Bonchev–Trinajstić information content (AvgIpc) is 2.58. The molecule has 0 unspecified atom stereocenters. The van der Waals surface area contributed by atoms with Gasteiger partial charge in [0, 0.05) is 24.5 Å². The lowest BCUT2D eigenvalue weighted by Gasteiger charge is -2.21. The summed E-state index contributed by atoms with van der Waals surface area (Å²) in [6.45, 7) is 2.89. The average molecular weight is 366 g/mol. The Balaban J connectivity index is 2.00. The van der Waals surface area contributed by atoms with Gasteiger partial charge in [-0.25, -0.2) is 8.42 Å². The minimum Gasteiger partial charge on any atom is -0.339 e. The number of benzene rings is 2. The number of hydrogen-bond donors (Lipinski definition) is 0. The van der Waals surface area contributed by atoms with Crippen LogP contribution >= 0.6 is 11.6 Å². The van der Waals surface area contributed by atoms with Gasteiger partial charge in [-0.15, -0.1) is 0 Å². The van der Waals surface area contributed by atoms with Gasteiger partial charge in [-0.1, -0.05) is 48.0 Å². The molecule has 0 fully saturated rings. The van der Waals surface area contributed by atoms with Crippen LogP contribution in [-0.2, 0) is 21.2 Å². The molecule has 24 heavy (non-hydrogen) atoms. The molecule has 6 heteroatoms. The lowest BCUT2D eigenvalue weighted by atomic mass is 10.2. The van der Waals surface area contributed by atoms with Crippen LogP contribution in [0, 0.1) is 0 Å². The molecule has 0 atom stereocenters. The zero-order chi connectivity index (χ0) is 17.6. The molecule has 0 aliphatic rings. The number of hydrogen-bond acceptors (Lipinski definition) is 3. The van der Waals surface area contributed by atoms with Gasteiger partial charge in [-0.2, -0.15) is 0 Å². The molecule has 4 nitrogen and oxygen atoms in total. The van der Waals surface area contributed by atoms with Crippen LogP contribution in [0.15, 0.2) is 59.5 Å². The molecule has 2 aromatic rings. The Labute approximate surface area is 148 Å². The molecule has 0 saturated heterocycles. The molecular weight excluding hydrogens is 346 g/mol. The highest BCUT2D eigenvalue weighted by Gasteiger charge is 2.19. The summed E-state index contributed by atoms with van der Waals surface area (Å²) in [5.41, 5.74) is 1.02. The van der Waals surface area contributed by atoms with Gasteiger partial charge < -0.3 is 4.90 Å². The number of nitrogens with zero attached hydrogens (tertiary/aromatic N) is 1. The summed E-state index contributed by atoms with van der Waals surface area (Å²) >= 11 is 5.84. The molecule has 1 amide bonds. The fraction of sp³-hybridized carbons (Fsp3) is 0.278. The first-order chi connectivity index (χ1) is 11.4. The molecule has 0 spiro atoms. The van der Waals surface area contributed by atoms with Gasteiger partial charge in [0.2, 0.25) is 5.91 Å². The summed E-state index contributed by atoms with van der Waals surface area (Å²) < 4.78 is 24.7. The second-order valence-corrected chi connectivity index (χ2v) is 7.97. The predicted molar refractivity (Wildman–Crippen MR) is 95.7 cm³/mol. The van der Waals surface area contributed by atoms with Crippen LogP contribution in [-0.4, -0.2) is 31.5 Å². The number of halogens is 1. The van der Waals surface area contributed by atoms with Crippen LogP contribution in [0.25, 0.3) is 0 Å². The second-order valence-electron chi connectivity index (χ2n) is 5.42. The van der Waals surface area contributed by atoms with E-state index in [1.165, 1.54) is 12.1 Å². The maximum atomic E-state index is 12.4. The normalized spacial score (nSPS) is 11.2. The van der Waals surface area contributed by atoms with E-state index >= 15 is 0 Å². The summed E-state index contributed by atoms with van der Waals surface area (Å²) in [6.07, 6.45) is -0.0461. The SMILES string of the molecule is CCN(Cc1ccccc1)C(=O)CCS(=O)(=O)c1cccc(Cl)c1. The largest absolute Gasteiger partial charge is 0.339 e. The highest BCUT2D eigenvalue weighted by atomic mass is 35.5. The van der Waals surface area contributed by atoms with Gasteiger partial charge in [-0.3, -0.25) is 4.79 Å². The van der Waals surface area contributed by atoms with Crippen LogP contribution in [0.4, 0.5) is 0 Å². The van der Waals surface area contributed by atoms with Crippen LogP contribution in [0.1, 0.15) is 18.9 Å². The Hall–Kier alpha value is -1.85. The van der Waals surface area contributed by atoms with E-state index in [0.29, 0.717) is 18.1 Å². The number of rotatable bonds is 7. The molecule has 0 saturated carbocycles. The van der Waals surface area contributed by atoms with Crippen molar-refractivity contribution in [2.24, 2.45) is 0 Å². The number of amides is 1. The Morgan fingerprint density at radius 1 is 1.08 bits per heavy atom. The molecule has 0 aromatic heterocycles. The van der Waals surface area contributed by atoms with Gasteiger partial charge in [0.1, 0.15) is 0 Å². The van der Waals surface area contributed by atoms with E-state index < -0.39 is 9.84 Å². The highest BCUT2D eigenvalue weighted by molar-refractivity contribution is 7.91. The summed E-state index contributed by atoms with van der Waals surface area (Å²) in [5.74, 6) is -0.399. The molecule has 2 rings (SSSR count). The Morgan fingerprint density at radius 3 is 2.42 bits per heavy atom. The summed E-state index contributed by atoms with van der Waals surface area (Å²) in [5, 5.41) is 0.363. The zero-order valence-corrected chi connectivity index (χ0v) is 15.1. The van der Waals surface area contributed by atoms with Gasteiger partial charge in [-0.05, 0) is 30.7 Å². The van der Waals surface area contributed by atoms with Crippen LogP contribution in [0.3, 0.4) is 0 Å². The minimum atomic E-state index is -3.52. The molecule has 0 heterocycles. The van der Waals surface area contributed by atoms with Crippen molar-refractivity contribution in [1.29, 1.82) is 0 Å². The minimum absolute atomic E-state index is 0.0461. The van der Waals surface area contributed by atoms with Crippen LogP contribution in [0.5, 0.6) is 0 Å². The fourth-order valence-corrected chi connectivity index (χ4v) is 3.86. The fourth-order valence-electron chi connectivity index (χ4n) is 2.34. The van der Waals surface area contributed by atoms with Crippen molar-refractivity contribution in [3.05, 3.63) is 65.2 Å². The van der Waals surface area contributed by atoms with Crippen LogP contribution < -0.4 is 0 Å². The third kappa shape index (κ3) is 5.08. The van der Waals surface area contributed by atoms with Crippen molar-refractivity contribution >= 4 is 27.3 Å². The van der Waals surface area contributed by atoms with Gasteiger partial charge >= 0.3 is 0 Å².